The van der Waals surface area contributed by atoms with Gasteiger partial charge in [0.05, 0.1) is 0 Å². The third-order valence-corrected chi connectivity index (χ3v) is 4.41. The number of hydrogen-bond acceptors (Lipinski definition) is 1. The molecule has 0 aliphatic heterocycles. The molecule has 0 unspecified atom stereocenters. The van der Waals surface area contributed by atoms with E-state index in [2.05, 4.69) is 25.0 Å². The largest absolute Gasteiger partial charge is 0.741 e. The summed E-state index contributed by atoms with van der Waals surface area (Å²) in [5.41, 5.74) is 5.48. The molecule has 9 heavy (non-hydrogen) atoms. The van der Waals surface area contributed by atoms with Gasteiger partial charge in [-0.15, -0.1) is 4.32 Å². The number of nitrogens with two attached hydrogens (primary N) is 1. The van der Waals surface area contributed by atoms with E-state index in [0.717, 1.165) is 0 Å². The summed E-state index contributed by atoms with van der Waals surface area (Å²) in [6.07, 6.45) is 8.50. The fourth-order valence-corrected chi connectivity index (χ4v) is 0. The van der Waals surface area contributed by atoms with Crippen LogP contribution >= 0.6 is 8.75 Å². The van der Waals surface area contributed by atoms with Crippen LogP contribution < -0.4 is 11.9 Å². The number of hydrogen-bond donors (Lipinski definition) is 2. The molecule has 0 spiro atoms. The van der Waals surface area contributed by atoms with E-state index in [-0.39, 0.29) is 6.15 Å². The quantitative estimate of drug-likeness (QED) is 0.417. The van der Waals surface area contributed by atoms with Gasteiger partial charge in [-0.2, -0.15) is 0 Å². The molecule has 0 aliphatic rings. The highest BCUT2D eigenvalue weighted by Gasteiger charge is 2.03. The van der Waals surface area contributed by atoms with Crippen LogP contribution in [0.15, 0.2) is 0 Å². The first kappa shape index (κ1) is 12.2. The van der Waals surface area contributed by atoms with Crippen LogP contribution in [0, 0.1) is 0 Å². The van der Waals surface area contributed by atoms with Crippen molar-refractivity contribution in [3.05, 3.63) is 0 Å². The Bertz CT molecular complexity index is 138. The van der Waals surface area contributed by atoms with E-state index in [1.54, 1.807) is 0 Å². The lowest BCUT2D eigenvalue weighted by molar-refractivity contribution is 1.87. The van der Waals surface area contributed by atoms with E-state index in [1.165, 1.54) is 0 Å². The molecule has 0 heterocycles. The van der Waals surface area contributed by atoms with Crippen LogP contribution in [0.25, 0.3) is 0 Å². The maximum atomic E-state index is 5.48. The molecule has 60 valence electrons. The Hall–Kier alpha value is 0.490. The molecule has 0 aromatic heterocycles. The Morgan fingerprint density at radius 3 is 1.33 bits per heavy atom. The van der Waals surface area contributed by atoms with Gasteiger partial charge in [0.2, 0.25) is 0 Å². The Balaban J connectivity index is 0. The molecule has 0 radical (unpaired) electrons. The summed E-state index contributed by atoms with van der Waals surface area (Å²) >= 11 is 4.87. The van der Waals surface area contributed by atoms with Gasteiger partial charge in [0.25, 0.3) is 0 Å². The van der Waals surface area contributed by atoms with Crippen molar-refractivity contribution < 1.29 is 0 Å². The molecule has 0 rings (SSSR count). The van der Waals surface area contributed by atoms with Crippen LogP contribution in [0.2, 0.25) is 0 Å². The molecule has 0 saturated carbocycles. The summed E-state index contributed by atoms with van der Waals surface area (Å²) in [6.45, 7) is 0. The van der Waals surface area contributed by atoms with Crippen LogP contribution in [0.3, 0.4) is 0 Å². The second-order valence-electron chi connectivity index (χ2n) is 3.59. The molecule has 0 aliphatic carbocycles. The molecule has 0 aromatic carbocycles. The minimum absolute atomic E-state index is 0. The second-order valence-corrected chi connectivity index (χ2v) is 11.3. The Morgan fingerprint density at radius 2 is 1.33 bits per heavy atom. The lowest BCUT2D eigenvalue weighted by atomic mass is 11.5. The maximum Gasteiger partial charge on any atom is -0.0388 e. The van der Waals surface area contributed by atoms with E-state index < -0.39 is 8.75 Å². The maximum absolute atomic E-state index is 5.48. The summed E-state index contributed by atoms with van der Waals surface area (Å²) in [7, 11) is -1.46. The van der Waals surface area contributed by atoms with Crippen molar-refractivity contribution in [1.29, 1.82) is 0 Å². The van der Waals surface area contributed by atoms with Gasteiger partial charge in [-0.1, -0.05) is 0 Å². The first-order valence-electron chi connectivity index (χ1n) is 2.33. The summed E-state index contributed by atoms with van der Waals surface area (Å²) < 4.78 is 0.669. The summed E-state index contributed by atoms with van der Waals surface area (Å²) in [4.78, 5) is 0. The Kier molecular flexibility index (Phi) is 3.55. The monoisotopic (exact) mass is 170 g/mol. The van der Waals surface area contributed by atoms with Gasteiger partial charge < -0.3 is 24.5 Å². The molecule has 4 heteroatoms. The van der Waals surface area contributed by atoms with Gasteiger partial charge in [0.1, 0.15) is 0 Å². The van der Waals surface area contributed by atoms with Crippen LogP contribution in [-0.4, -0.2) is 29.3 Å². The van der Waals surface area contributed by atoms with E-state index in [1.807, 2.05) is 0 Å². The Labute approximate surface area is 63.1 Å². The third-order valence-electron chi connectivity index (χ3n) is 0.805. The fraction of sp³-hybridized carbons (Fsp3) is 0.800. The SMILES string of the molecule is CS(C)(C)(C)=C(N)[S-].[NH4+]. The molecule has 0 saturated heterocycles. The van der Waals surface area contributed by atoms with Gasteiger partial charge in [0, 0.05) is 0 Å². The molecular weight excluding hydrogens is 152 g/mol. The van der Waals surface area contributed by atoms with E-state index in [4.69, 9.17) is 18.4 Å². The fourth-order valence-electron chi connectivity index (χ4n) is 0. The summed E-state index contributed by atoms with van der Waals surface area (Å²) in [6, 6.07) is 0. The summed E-state index contributed by atoms with van der Waals surface area (Å²) in [5, 5.41) is 0. The van der Waals surface area contributed by atoms with Crippen LogP contribution in [0.1, 0.15) is 0 Å². The highest BCUT2D eigenvalue weighted by Crippen LogP contribution is 2.42. The predicted octanol–water partition coefficient (Wildman–Crippen LogP) is 0.815. The molecule has 0 bridgehead atoms. The average molecular weight is 170 g/mol. The lowest BCUT2D eigenvalue weighted by Gasteiger charge is -2.39. The van der Waals surface area contributed by atoms with Gasteiger partial charge in [-0.3, -0.25) is 8.75 Å². The van der Waals surface area contributed by atoms with Gasteiger partial charge >= 0.3 is 0 Å². The average Bonchev–Trinajstić information content (AvgIpc) is 1.27. The predicted molar refractivity (Wildman–Crippen MR) is 53.8 cm³/mol. The molecule has 6 N–H and O–H groups in total. The zero-order chi connectivity index (χ0) is 7.02. The third kappa shape index (κ3) is 4.96. The van der Waals surface area contributed by atoms with E-state index in [0.29, 0.717) is 4.32 Å². The first-order chi connectivity index (χ1) is 3.20. The van der Waals surface area contributed by atoms with Crippen molar-refractivity contribution in [3.63, 3.8) is 0 Å². The number of quaternary nitrogens is 1. The minimum Gasteiger partial charge on any atom is -0.741 e. The summed E-state index contributed by atoms with van der Waals surface area (Å²) in [5.74, 6) is 0. The van der Waals surface area contributed by atoms with Crippen molar-refractivity contribution in [2.24, 2.45) is 5.73 Å². The molecule has 2 nitrogen and oxygen atoms in total. The highest BCUT2D eigenvalue weighted by atomic mass is 32.3. The molecule has 0 fully saturated rings. The van der Waals surface area contributed by atoms with Crippen molar-refractivity contribution in [3.8, 4) is 0 Å². The van der Waals surface area contributed by atoms with Gasteiger partial charge in [0.15, 0.2) is 0 Å². The molecule has 0 amide bonds. The lowest BCUT2D eigenvalue weighted by Crippen LogP contribution is -2.19. The zero-order valence-electron chi connectivity index (χ0n) is 6.89. The van der Waals surface area contributed by atoms with Gasteiger partial charge in [-0.25, -0.2) is 0 Å². The standard InChI is InChI=1S/C5H15NS2.H3N/c1-8(2,3,4)5(6)7;/h7H,6H2,1-4H3;1H3. The van der Waals surface area contributed by atoms with E-state index >= 15 is 0 Å². The van der Waals surface area contributed by atoms with Crippen LogP contribution in [-0.2, 0) is 12.6 Å². The van der Waals surface area contributed by atoms with Crippen molar-refractivity contribution in [2.45, 2.75) is 0 Å². The smallest absolute Gasteiger partial charge is 0.0388 e. The molecule has 0 atom stereocenters. The van der Waals surface area contributed by atoms with Gasteiger partial charge in [-0.05, 0) is 25.0 Å². The van der Waals surface area contributed by atoms with E-state index in [9.17, 15) is 0 Å². The van der Waals surface area contributed by atoms with Crippen LogP contribution in [0.5, 0.6) is 0 Å². The normalized spacial score (nSPS) is 15.1. The minimum atomic E-state index is -1.46. The van der Waals surface area contributed by atoms with Crippen molar-refractivity contribution in [1.82, 2.24) is 6.15 Å². The van der Waals surface area contributed by atoms with Crippen molar-refractivity contribution in [2.75, 3.05) is 25.0 Å². The zero-order valence-corrected chi connectivity index (χ0v) is 8.53. The number of rotatable bonds is 0. The topological polar surface area (TPSA) is 62.5 Å². The van der Waals surface area contributed by atoms with Crippen LogP contribution in [0.4, 0.5) is 0 Å². The molecular formula is C5H18N2S2. The van der Waals surface area contributed by atoms with Crippen molar-refractivity contribution >= 4 is 25.7 Å². The molecule has 0 aromatic rings. The second kappa shape index (κ2) is 2.62. The first-order valence-corrected chi connectivity index (χ1v) is 6.41. The Morgan fingerprint density at radius 1 is 1.22 bits per heavy atom. The highest BCUT2D eigenvalue weighted by molar-refractivity contribution is 8.49.